The van der Waals surface area contributed by atoms with Crippen LogP contribution < -0.4 is 0 Å². The molecule has 4 saturated carbocycles. The molecule has 0 bridgehead atoms. The normalized spacial score (nSPS) is 52.5. The van der Waals surface area contributed by atoms with Crippen LogP contribution in [0, 0.1) is 45.3 Å². The Morgan fingerprint density at radius 1 is 0.672 bits per heavy atom. The molecular weight excluding hydrogens is 836 g/mol. The molecule has 0 aromatic carbocycles. The van der Waals surface area contributed by atoms with E-state index in [9.17, 15) is 56.2 Å². The van der Waals surface area contributed by atoms with E-state index in [1.54, 1.807) is 0 Å². The molecule has 0 amide bonds. The summed E-state index contributed by atoms with van der Waals surface area (Å²) in [5.74, 6) is -0.0478. The second kappa shape index (κ2) is 18.8. The van der Waals surface area contributed by atoms with Crippen LogP contribution in [0.4, 0.5) is 0 Å². The van der Waals surface area contributed by atoms with Gasteiger partial charge in [0.2, 0.25) is 0 Å². The Bertz CT molecular complexity index is 1630. The van der Waals surface area contributed by atoms with Gasteiger partial charge in [0.1, 0.15) is 67.1 Å². The van der Waals surface area contributed by atoms with Crippen molar-refractivity contribution in [1.82, 2.24) is 0 Å². The standard InChI is InChI=1S/C47H80O17/c1-22(2)10-9-14-47(8,64-42-39(58)36(55)34(53)27(62-42)21-60-40-37(56)32(51)25(50)20-59-40)23-11-16-46(7)31(23)24(49)18-29-44(5)15-13-30(43(3,4)28(44)12-17-45(29,46)6)63-41-38(57)35(54)33(52)26(19-48)61-41/h10,23-42,48-58H,9,11-21H2,1-8H3. The lowest BCUT2D eigenvalue weighted by Gasteiger charge is -2.71. The molecular formula is C47H80O17. The summed E-state index contributed by atoms with van der Waals surface area (Å²) < 4.78 is 36.5. The minimum absolute atomic E-state index is 0.149. The van der Waals surface area contributed by atoms with Crippen LogP contribution in [0.2, 0.25) is 0 Å². The fourth-order valence-electron chi connectivity index (χ4n) is 14.5. The lowest BCUT2D eigenvalue weighted by atomic mass is 9.35. The van der Waals surface area contributed by atoms with Gasteiger partial charge < -0.3 is 84.6 Å². The smallest absolute Gasteiger partial charge is 0.187 e. The number of allylic oxidation sites excluding steroid dienone is 2. The number of hydrogen-bond acceptors (Lipinski definition) is 17. The second-order valence-electron chi connectivity index (χ2n) is 22.5. The topological polar surface area (TPSA) is 278 Å². The van der Waals surface area contributed by atoms with E-state index in [2.05, 4.69) is 40.7 Å². The summed E-state index contributed by atoms with van der Waals surface area (Å²) in [5.41, 5.74) is -0.948. The molecule has 0 radical (unpaired) electrons. The molecule has 17 nitrogen and oxygen atoms in total. The van der Waals surface area contributed by atoms with Crippen molar-refractivity contribution in [2.45, 2.75) is 217 Å². The molecule has 3 heterocycles. The van der Waals surface area contributed by atoms with Gasteiger partial charge in [-0.05, 0) is 124 Å². The van der Waals surface area contributed by atoms with Gasteiger partial charge in [-0.15, -0.1) is 0 Å². The Morgan fingerprint density at radius 2 is 1.28 bits per heavy atom. The molecule has 11 N–H and O–H groups in total. The number of rotatable bonds is 12. The van der Waals surface area contributed by atoms with Crippen LogP contribution in [-0.2, 0) is 28.4 Å². The summed E-state index contributed by atoms with van der Waals surface area (Å²) in [5, 5.41) is 118. The Hall–Kier alpha value is -0.940. The van der Waals surface area contributed by atoms with Crippen LogP contribution in [0.5, 0.6) is 0 Å². The van der Waals surface area contributed by atoms with Gasteiger partial charge in [-0.25, -0.2) is 0 Å². The van der Waals surface area contributed by atoms with E-state index in [-0.39, 0.29) is 52.6 Å². The predicted molar refractivity (Wildman–Crippen MR) is 228 cm³/mol. The molecule has 4 aliphatic carbocycles. The van der Waals surface area contributed by atoms with Crippen LogP contribution in [0.3, 0.4) is 0 Å². The van der Waals surface area contributed by atoms with E-state index in [1.165, 1.54) is 0 Å². The molecule has 24 atom stereocenters. The van der Waals surface area contributed by atoms with E-state index in [1.807, 2.05) is 20.8 Å². The quantitative estimate of drug-likeness (QED) is 0.0946. The van der Waals surface area contributed by atoms with Crippen molar-refractivity contribution in [3.63, 3.8) is 0 Å². The molecule has 24 unspecified atom stereocenters. The van der Waals surface area contributed by atoms with Gasteiger partial charge in [0.05, 0.1) is 37.6 Å². The number of hydrogen-bond donors (Lipinski definition) is 11. The van der Waals surface area contributed by atoms with E-state index >= 15 is 0 Å². The molecule has 3 aliphatic heterocycles. The third-order valence-corrected chi connectivity index (χ3v) is 18.4. The summed E-state index contributed by atoms with van der Waals surface area (Å²) in [7, 11) is 0. The molecule has 17 heteroatoms. The number of fused-ring (bicyclic) bond motifs is 5. The molecule has 370 valence electrons. The average molecular weight is 917 g/mol. The third-order valence-electron chi connectivity index (χ3n) is 18.4. The molecule has 7 rings (SSSR count). The molecule has 64 heavy (non-hydrogen) atoms. The minimum atomic E-state index is -1.68. The first-order valence-electron chi connectivity index (χ1n) is 23.8. The molecule has 0 aromatic heterocycles. The van der Waals surface area contributed by atoms with Crippen LogP contribution in [0.1, 0.15) is 113 Å². The monoisotopic (exact) mass is 917 g/mol. The Balaban J connectivity index is 1.11. The highest BCUT2D eigenvalue weighted by Crippen LogP contribution is 2.76. The maximum atomic E-state index is 12.7. The highest BCUT2D eigenvalue weighted by Gasteiger charge is 2.72. The van der Waals surface area contributed by atoms with Crippen molar-refractivity contribution in [2.75, 3.05) is 19.8 Å². The fourth-order valence-corrected chi connectivity index (χ4v) is 14.5. The van der Waals surface area contributed by atoms with Crippen LogP contribution in [-0.4, -0.2) is 180 Å². The summed E-state index contributed by atoms with van der Waals surface area (Å²) in [4.78, 5) is 0. The molecule has 0 aromatic rings. The highest BCUT2D eigenvalue weighted by molar-refractivity contribution is 5.20. The lowest BCUT2D eigenvalue weighted by molar-refractivity contribution is -0.346. The molecule has 7 aliphatic rings. The Kier molecular flexibility index (Phi) is 14.9. The SMILES string of the molecule is CC(C)=CCCC(C)(OC1OC(COC2OCC(O)C(O)C2O)C(O)C(O)C1O)C1CCC2(C)C1C(O)CC1C3(C)CCC(OC4OC(CO)C(O)C(O)C4O)C(C)(C)C3CCC12C. The van der Waals surface area contributed by atoms with Crippen LogP contribution >= 0.6 is 0 Å². The average Bonchev–Trinajstić information content (AvgIpc) is 3.62. The maximum Gasteiger partial charge on any atom is 0.187 e. The zero-order valence-electron chi connectivity index (χ0n) is 39.0. The van der Waals surface area contributed by atoms with Crippen LogP contribution in [0.25, 0.3) is 0 Å². The van der Waals surface area contributed by atoms with Crippen molar-refractivity contribution in [3.05, 3.63) is 11.6 Å². The van der Waals surface area contributed by atoms with Gasteiger partial charge in [0, 0.05) is 0 Å². The van der Waals surface area contributed by atoms with Crippen molar-refractivity contribution >= 4 is 0 Å². The number of aliphatic hydroxyl groups excluding tert-OH is 11. The Morgan fingerprint density at radius 3 is 1.94 bits per heavy atom. The predicted octanol–water partition coefficient (Wildman–Crippen LogP) is 0.612. The molecule has 0 spiro atoms. The van der Waals surface area contributed by atoms with E-state index in [0.29, 0.717) is 25.7 Å². The van der Waals surface area contributed by atoms with E-state index in [0.717, 1.165) is 37.7 Å². The van der Waals surface area contributed by atoms with Gasteiger partial charge in [-0.3, -0.25) is 0 Å². The highest BCUT2D eigenvalue weighted by atomic mass is 16.7. The van der Waals surface area contributed by atoms with Crippen molar-refractivity contribution < 1.29 is 84.6 Å². The zero-order valence-corrected chi connectivity index (χ0v) is 39.0. The maximum absolute atomic E-state index is 12.7. The summed E-state index contributed by atoms with van der Waals surface area (Å²) >= 11 is 0. The van der Waals surface area contributed by atoms with Crippen molar-refractivity contribution in [3.8, 4) is 0 Å². The lowest BCUT2D eigenvalue weighted by Crippen LogP contribution is -2.67. The van der Waals surface area contributed by atoms with E-state index < -0.39 is 116 Å². The summed E-state index contributed by atoms with van der Waals surface area (Å²) in [6.07, 6.45) is -12.4. The van der Waals surface area contributed by atoms with E-state index in [4.69, 9.17) is 28.4 Å². The summed E-state index contributed by atoms with van der Waals surface area (Å²) in [6.45, 7) is 16.3. The van der Waals surface area contributed by atoms with Gasteiger partial charge in [0.25, 0.3) is 0 Å². The number of aliphatic hydroxyl groups is 11. The molecule has 7 fully saturated rings. The second-order valence-corrected chi connectivity index (χ2v) is 22.5. The first-order chi connectivity index (χ1) is 29.9. The minimum Gasteiger partial charge on any atom is -0.394 e. The third kappa shape index (κ3) is 8.60. The summed E-state index contributed by atoms with van der Waals surface area (Å²) in [6, 6.07) is 0. The van der Waals surface area contributed by atoms with Gasteiger partial charge in [0.15, 0.2) is 18.9 Å². The van der Waals surface area contributed by atoms with Crippen LogP contribution in [0.15, 0.2) is 11.6 Å². The van der Waals surface area contributed by atoms with Crippen molar-refractivity contribution in [2.24, 2.45) is 45.3 Å². The zero-order chi connectivity index (χ0) is 47.1. The van der Waals surface area contributed by atoms with Crippen molar-refractivity contribution in [1.29, 1.82) is 0 Å². The van der Waals surface area contributed by atoms with Gasteiger partial charge in [-0.1, -0.05) is 46.3 Å². The first-order valence-corrected chi connectivity index (χ1v) is 23.8. The fraction of sp³-hybridized carbons (Fsp3) is 0.957. The largest absolute Gasteiger partial charge is 0.394 e. The number of ether oxygens (including phenoxy) is 6. The van der Waals surface area contributed by atoms with Gasteiger partial charge >= 0.3 is 0 Å². The molecule has 3 saturated heterocycles. The van der Waals surface area contributed by atoms with Gasteiger partial charge in [-0.2, -0.15) is 0 Å². The Labute approximate surface area is 377 Å². The first kappa shape index (κ1) is 50.9.